The van der Waals surface area contributed by atoms with Crippen molar-refractivity contribution in [2.75, 3.05) is 4.90 Å². The van der Waals surface area contributed by atoms with Crippen molar-refractivity contribution < 1.29 is 0 Å². The highest BCUT2D eigenvalue weighted by Gasteiger charge is 2.23. The van der Waals surface area contributed by atoms with Crippen LogP contribution in [0.2, 0.25) is 0 Å². The molecule has 0 aliphatic carbocycles. The minimum atomic E-state index is 1.07. The van der Waals surface area contributed by atoms with Crippen molar-refractivity contribution in [3.05, 3.63) is 267 Å². The Morgan fingerprint density at radius 1 is 0.265 bits per heavy atom. The summed E-state index contributed by atoms with van der Waals surface area (Å²) in [6.45, 7) is 0. The summed E-state index contributed by atoms with van der Waals surface area (Å²) >= 11 is 0. The molecule has 0 N–H and O–H groups in total. The van der Waals surface area contributed by atoms with E-state index in [-0.39, 0.29) is 0 Å². The first-order valence-corrected chi connectivity index (χ1v) is 23.4. The van der Waals surface area contributed by atoms with Gasteiger partial charge in [-0.1, -0.05) is 218 Å². The van der Waals surface area contributed by atoms with Gasteiger partial charge in [0, 0.05) is 27.5 Å². The molecule has 2 nitrogen and oxygen atoms in total. The van der Waals surface area contributed by atoms with E-state index in [2.05, 4.69) is 276 Å². The van der Waals surface area contributed by atoms with E-state index < -0.39 is 0 Å². The number of hydrogen-bond donors (Lipinski definition) is 0. The van der Waals surface area contributed by atoms with E-state index >= 15 is 0 Å². The molecule has 0 unspecified atom stereocenters. The quantitative estimate of drug-likeness (QED) is 0.138. The Morgan fingerprint density at radius 2 is 0.765 bits per heavy atom. The smallest absolute Gasteiger partial charge is 0.0782 e. The minimum Gasteiger partial charge on any atom is -0.308 e. The lowest BCUT2D eigenvalue weighted by Crippen LogP contribution is -2.12. The molecule has 2 heteroatoms. The molecule has 0 bridgehead atoms. The van der Waals surface area contributed by atoms with Gasteiger partial charge in [0.1, 0.15) is 0 Å². The Morgan fingerprint density at radius 3 is 1.51 bits per heavy atom. The van der Waals surface area contributed by atoms with Crippen molar-refractivity contribution in [1.82, 2.24) is 4.57 Å². The lowest BCUT2D eigenvalue weighted by Gasteiger charge is -2.28. The van der Waals surface area contributed by atoms with Gasteiger partial charge in [-0.25, -0.2) is 0 Å². The molecule has 13 rings (SSSR count). The van der Waals surface area contributed by atoms with E-state index in [0.717, 1.165) is 33.8 Å². The zero-order valence-corrected chi connectivity index (χ0v) is 37.3. The van der Waals surface area contributed by atoms with Crippen LogP contribution in [0.5, 0.6) is 0 Å². The third-order valence-electron chi connectivity index (χ3n) is 13.7. The molecular formula is C66H44N2. The number of fused-ring (bicyclic) bond motifs is 7. The second kappa shape index (κ2) is 16.5. The fourth-order valence-corrected chi connectivity index (χ4v) is 10.7. The van der Waals surface area contributed by atoms with Gasteiger partial charge in [-0.05, 0) is 120 Å². The Labute approximate surface area is 395 Å². The number of benzene rings is 12. The van der Waals surface area contributed by atoms with E-state index in [0.29, 0.717) is 0 Å². The summed E-state index contributed by atoms with van der Waals surface area (Å²) in [4.78, 5) is 2.45. The van der Waals surface area contributed by atoms with Gasteiger partial charge in [-0.3, -0.25) is 0 Å². The molecule has 68 heavy (non-hydrogen) atoms. The third-order valence-corrected chi connectivity index (χ3v) is 13.7. The van der Waals surface area contributed by atoms with Crippen molar-refractivity contribution in [1.29, 1.82) is 0 Å². The predicted octanol–water partition coefficient (Wildman–Crippen LogP) is 18.4. The maximum Gasteiger partial charge on any atom is 0.0782 e. The summed E-state index contributed by atoms with van der Waals surface area (Å²) < 4.78 is 2.48. The van der Waals surface area contributed by atoms with Crippen LogP contribution in [-0.2, 0) is 0 Å². The molecule has 0 saturated heterocycles. The van der Waals surface area contributed by atoms with E-state index in [4.69, 9.17) is 0 Å². The molecule has 0 amide bonds. The van der Waals surface area contributed by atoms with Crippen LogP contribution in [0.3, 0.4) is 0 Å². The SMILES string of the molecule is c1ccc(-c2cccc(N(c3ccc(-c4ccc5c(c4)c(-c4ccccc4)c(-c4ccccc4)c4ccccc45)cc3)c3cccc4c5ccccc5n(-c5cccc6ccccc56)c34)c2)cc1. The second-order valence-corrected chi connectivity index (χ2v) is 17.6. The van der Waals surface area contributed by atoms with Gasteiger partial charge in [0.15, 0.2) is 0 Å². The highest BCUT2D eigenvalue weighted by Crippen LogP contribution is 2.48. The topological polar surface area (TPSA) is 8.17 Å². The molecule has 0 spiro atoms. The van der Waals surface area contributed by atoms with Crippen LogP contribution in [0.15, 0.2) is 267 Å². The summed E-state index contributed by atoms with van der Waals surface area (Å²) in [6.07, 6.45) is 0. The van der Waals surface area contributed by atoms with Crippen LogP contribution in [-0.4, -0.2) is 4.57 Å². The molecule has 0 fully saturated rings. The van der Waals surface area contributed by atoms with E-state index in [1.54, 1.807) is 0 Å². The van der Waals surface area contributed by atoms with Gasteiger partial charge in [-0.2, -0.15) is 0 Å². The maximum atomic E-state index is 2.48. The van der Waals surface area contributed by atoms with Gasteiger partial charge in [0.25, 0.3) is 0 Å². The number of nitrogens with zero attached hydrogens (tertiary/aromatic N) is 2. The number of para-hydroxylation sites is 2. The molecule has 13 aromatic rings. The van der Waals surface area contributed by atoms with Crippen molar-refractivity contribution >= 4 is 71.2 Å². The minimum absolute atomic E-state index is 1.07. The second-order valence-electron chi connectivity index (χ2n) is 17.6. The lowest BCUT2D eigenvalue weighted by molar-refractivity contribution is 1.18. The molecule has 318 valence electrons. The molecule has 0 atom stereocenters. The lowest BCUT2D eigenvalue weighted by atomic mass is 9.84. The van der Waals surface area contributed by atoms with Crippen molar-refractivity contribution in [3.63, 3.8) is 0 Å². The highest BCUT2D eigenvalue weighted by atomic mass is 15.2. The van der Waals surface area contributed by atoms with E-state index in [1.165, 1.54) is 87.6 Å². The monoisotopic (exact) mass is 864 g/mol. The number of rotatable bonds is 8. The standard InChI is InChI=1S/C66H44N2/c1-4-19-45(20-5-1)50-27-16-28-53(43-50)67(63-36-18-33-59-57-31-14-15-34-62(57)68(66(59)63)61-35-17-26-47-21-10-11-29-54(47)61)52-40-37-46(38-41-52)51-39-42-56-55-30-12-13-32-58(55)64(48-22-6-2-7-23-48)65(60(56)44-51)49-24-8-3-9-25-49/h1-44H. The largest absolute Gasteiger partial charge is 0.308 e. The van der Waals surface area contributed by atoms with Crippen molar-refractivity contribution in [3.8, 4) is 50.2 Å². The number of aromatic nitrogens is 1. The van der Waals surface area contributed by atoms with Crippen LogP contribution < -0.4 is 4.90 Å². The summed E-state index contributed by atoms with van der Waals surface area (Å²) in [5.74, 6) is 0. The summed E-state index contributed by atoms with van der Waals surface area (Å²) in [5, 5.41) is 9.86. The van der Waals surface area contributed by atoms with Gasteiger partial charge in [0.2, 0.25) is 0 Å². The molecule has 1 heterocycles. The molecule has 0 aliphatic heterocycles. The summed E-state index contributed by atoms with van der Waals surface area (Å²) in [6, 6.07) is 97.5. The Balaban J connectivity index is 1.03. The highest BCUT2D eigenvalue weighted by molar-refractivity contribution is 6.22. The van der Waals surface area contributed by atoms with Crippen LogP contribution in [0, 0.1) is 0 Å². The first kappa shape index (κ1) is 39.4. The zero-order valence-electron chi connectivity index (χ0n) is 37.3. The first-order valence-electron chi connectivity index (χ1n) is 23.4. The van der Waals surface area contributed by atoms with Crippen molar-refractivity contribution in [2.45, 2.75) is 0 Å². The fraction of sp³-hybridized carbons (Fsp3) is 0. The Hall–Kier alpha value is -8.98. The maximum absolute atomic E-state index is 2.48. The van der Waals surface area contributed by atoms with Crippen LogP contribution in [0.25, 0.3) is 104 Å². The van der Waals surface area contributed by atoms with E-state index in [1.807, 2.05) is 0 Å². The van der Waals surface area contributed by atoms with Crippen LogP contribution in [0.4, 0.5) is 17.1 Å². The fourth-order valence-electron chi connectivity index (χ4n) is 10.7. The number of anilines is 3. The summed E-state index contributed by atoms with van der Waals surface area (Å²) in [7, 11) is 0. The van der Waals surface area contributed by atoms with Gasteiger partial charge in [0.05, 0.1) is 22.4 Å². The normalized spacial score (nSPS) is 11.5. The zero-order chi connectivity index (χ0) is 45.0. The first-order chi connectivity index (χ1) is 33.8. The molecule has 12 aromatic carbocycles. The average Bonchev–Trinajstić information content (AvgIpc) is 3.76. The van der Waals surface area contributed by atoms with Crippen LogP contribution in [0.1, 0.15) is 0 Å². The van der Waals surface area contributed by atoms with E-state index in [9.17, 15) is 0 Å². The summed E-state index contributed by atoms with van der Waals surface area (Å²) in [5.41, 5.74) is 16.4. The van der Waals surface area contributed by atoms with Gasteiger partial charge >= 0.3 is 0 Å². The average molecular weight is 865 g/mol. The van der Waals surface area contributed by atoms with Crippen molar-refractivity contribution in [2.24, 2.45) is 0 Å². The Kier molecular flexibility index (Phi) is 9.54. The number of hydrogen-bond acceptors (Lipinski definition) is 1. The molecule has 0 aliphatic rings. The predicted molar refractivity (Wildman–Crippen MR) is 290 cm³/mol. The Bertz CT molecular complexity index is 4000. The molecule has 0 radical (unpaired) electrons. The van der Waals surface area contributed by atoms with Gasteiger partial charge in [-0.15, -0.1) is 0 Å². The van der Waals surface area contributed by atoms with Crippen LogP contribution >= 0.6 is 0 Å². The third kappa shape index (κ3) is 6.57. The molecule has 0 saturated carbocycles. The van der Waals surface area contributed by atoms with Gasteiger partial charge < -0.3 is 9.47 Å². The molecule has 1 aromatic heterocycles. The molecular weight excluding hydrogens is 821 g/mol.